The fraction of sp³-hybridized carbons (Fsp3) is 0.588. The van der Waals surface area contributed by atoms with Gasteiger partial charge in [0.2, 0.25) is 0 Å². The van der Waals surface area contributed by atoms with Gasteiger partial charge in [-0.2, -0.15) is 0 Å². The third-order valence-corrected chi connectivity index (χ3v) is 4.19. The predicted octanol–water partition coefficient (Wildman–Crippen LogP) is 2.13. The number of nitrogens with zero attached hydrogens (tertiary/aromatic N) is 1. The van der Waals surface area contributed by atoms with Crippen molar-refractivity contribution in [1.82, 2.24) is 10.2 Å². The van der Waals surface area contributed by atoms with Crippen molar-refractivity contribution in [2.24, 2.45) is 5.92 Å². The second-order valence-electron chi connectivity index (χ2n) is 6.26. The number of carboxylic acid groups (broad SMARTS) is 1. The van der Waals surface area contributed by atoms with E-state index in [-0.39, 0.29) is 6.42 Å². The minimum absolute atomic E-state index is 0.0980. The molecule has 1 aliphatic rings. The SMILES string of the molecule is CC(C)N1CCC(CNCc2ccc(CC(=O)O)cc2)C1. The molecule has 0 bridgehead atoms. The van der Waals surface area contributed by atoms with Crippen LogP contribution in [-0.4, -0.2) is 41.7 Å². The molecule has 0 radical (unpaired) electrons. The lowest BCUT2D eigenvalue weighted by molar-refractivity contribution is -0.136. The zero-order valence-corrected chi connectivity index (χ0v) is 13.0. The summed E-state index contributed by atoms with van der Waals surface area (Å²) in [6.07, 6.45) is 1.38. The number of likely N-dealkylation sites (tertiary alicyclic amines) is 1. The lowest BCUT2D eigenvalue weighted by Crippen LogP contribution is -2.30. The van der Waals surface area contributed by atoms with E-state index in [0.29, 0.717) is 6.04 Å². The molecule has 1 aliphatic heterocycles. The van der Waals surface area contributed by atoms with Gasteiger partial charge in [0.25, 0.3) is 0 Å². The topological polar surface area (TPSA) is 52.6 Å². The average molecular weight is 290 g/mol. The Morgan fingerprint density at radius 2 is 2.00 bits per heavy atom. The van der Waals surface area contributed by atoms with Crippen LogP contribution < -0.4 is 5.32 Å². The molecule has 1 unspecified atom stereocenters. The van der Waals surface area contributed by atoms with Crippen molar-refractivity contribution in [3.63, 3.8) is 0 Å². The van der Waals surface area contributed by atoms with Gasteiger partial charge in [0, 0.05) is 19.1 Å². The van der Waals surface area contributed by atoms with Crippen LogP contribution in [0.15, 0.2) is 24.3 Å². The van der Waals surface area contributed by atoms with E-state index in [4.69, 9.17) is 5.11 Å². The van der Waals surface area contributed by atoms with Crippen LogP contribution in [0.4, 0.5) is 0 Å². The molecule has 0 aliphatic carbocycles. The summed E-state index contributed by atoms with van der Waals surface area (Å²) in [6, 6.07) is 8.49. The summed E-state index contributed by atoms with van der Waals surface area (Å²) < 4.78 is 0. The third-order valence-electron chi connectivity index (χ3n) is 4.19. The Hall–Kier alpha value is -1.39. The number of rotatable bonds is 7. The minimum atomic E-state index is -0.781. The first kappa shape index (κ1) is 16.0. The van der Waals surface area contributed by atoms with E-state index in [1.165, 1.54) is 25.1 Å². The molecule has 1 aromatic rings. The highest BCUT2D eigenvalue weighted by Crippen LogP contribution is 2.17. The van der Waals surface area contributed by atoms with Crippen molar-refractivity contribution in [1.29, 1.82) is 0 Å². The number of carboxylic acids is 1. The number of aliphatic carboxylic acids is 1. The number of nitrogens with one attached hydrogen (secondary N) is 1. The molecule has 21 heavy (non-hydrogen) atoms. The van der Waals surface area contributed by atoms with Crippen molar-refractivity contribution in [2.45, 2.75) is 39.3 Å². The van der Waals surface area contributed by atoms with Crippen LogP contribution in [0.3, 0.4) is 0 Å². The van der Waals surface area contributed by atoms with Crippen LogP contribution >= 0.6 is 0 Å². The fourth-order valence-electron chi connectivity index (χ4n) is 2.87. The number of hydrogen-bond donors (Lipinski definition) is 2. The molecule has 1 atom stereocenters. The first-order chi connectivity index (χ1) is 10.0. The molecular formula is C17H26N2O2. The molecule has 0 amide bonds. The van der Waals surface area contributed by atoms with Crippen molar-refractivity contribution in [2.75, 3.05) is 19.6 Å². The second-order valence-corrected chi connectivity index (χ2v) is 6.26. The van der Waals surface area contributed by atoms with E-state index < -0.39 is 5.97 Å². The van der Waals surface area contributed by atoms with Crippen molar-refractivity contribution in [3.05, 3.63) is 35.4 Å². The van der Waals surface area contributed by atoms with Gasteiger partial charge in [-0.15, -0.1) is 0 Å². The zero-order chi connectivity index (χ0) is 15.2. The molecule has 4 heteroatoms. The molecule has 2 rings (SSSR count). The highest BCUT2D eigenvalue weighted by molar-refractivity contribution is 5.70. The van der Waals surface area contributed by atoms with Gasteiger partial charge in [-0.05, 0) is 50.4 Å². The Bertz CT molecular complexity index is 456. The summed E-state index contributed by atoms with van der Waals surface area (Å²) >= 11 is 0. The molecule has 1 heterocycles. The van der Waals surface area contributed by atoms with Gasteiger partial charge < -0.3 is 15.3 Å². The zero-order valence-electron chi connectivity index (χ0n) is 13.0. The largest absolute Gasteiger partial charge is 0.481 e. The van der Waals surface area contributed by atoms with Gasteiger partial charge in [0.05, 0.1) is 6.42 Å². The molecule has 1 saturated heterocycles. The number of hydrogen-bond acceptors (Lipinski definition) is 3. The molecule has 116 valence electrons. The van der Waals surface area contributed by atoms with Crippen LogP contribution in [0.5, 0.6) is 0 Å². The summed E-state index contributed by atoms with van der Waals surface area (Å²) in [4.78, 5) is 13.2. The van der Waals surface area contributed by atoms with Crippen LogP contribution in [0.25, 0.3) is 0 Å². The van der Waals surface area contributed by atoms with E-state index in [0.717, 1.165) is 24.6 Å². The first-order valence-electron chi connectivity index (χ1n) is 7.79. The maximum atomic E-state index is 10.6. The van der Waals surface area contributed by atoms with Crippen LogP contribution in [-0.2, 0) is 17.8 Å². The first-order valence-corrected chi connectivity index (χ1v) is 7.79. The number of benzene rings is 1. The maximum Gasteiger partial charge on any atom is 0.307 e. The highest BCUT2D eigenvalue weighted by atomic mass is 16.4. The van der Waals surface area contributed by atoms with Crippen molar-refractivity contribution in [3.8, 4) is 0 Å². The van der Waals surface area contributed by atoms with Gasteiger partial charge in [-0.3, -0.25) is 4.79 Å². The summed E-state index contributed by atoms with van der Waals surface area (Å²) in [5.41, 5.74) is 2.07. The van der Waals surface area contributed by atoms with E-state index in [1.54, 1.807) is 0 Å². The van der Waals surface area contributed by atoms with Gasteiger partial charge in [-0.25, -0.2) is 0 Å². The molecule has 1 aromatic carbocycles. The Balaban J connectivity index is 1.70. The average Bonchev–Trinajstić information content (AvgIpc) is 2.89. The predicted molar refractivity (Wildman–Crippen MR) is 84.3 cm³/mol. The lowest BCUT2D eigenvalue weighted by Gasteiger charge is -2.20. The van der Waals surface area contributed by atoms with Crippen LogP contribution in [0.1, 0.15) is 31.4 Å². The third kappa shape index (κ3) is 5.14. The summed E-state index contributed by atoms with van der Waals surface area (Å²) in [5.74, 6) is -0.0319. The summed E-state index contributed by atoms with van der Waals surface area (Å²) in [6.45, 7) is 8.84. The van der Waals surface area contributed by atoms with E-state index >= 15 is 0 Å². The monoisotopic (exact) mass is 290 g/mol. The van der Waals surface area contributed by atoms with Gasteiger partial charge in [0.15, 0.2) is 0 Å². The fourth-order valence-corrected chi connectivity index (χ4v) is 2.87. The molecule has 0 saturated carbocycles. The minimum Gasteiger partial charge on any atom is -0.481 e. The maximum absolute atomic E-state index is 10.6. The van der Waals surface area contributed by atoms with Crippen molar-refractivity contribution >= 4 is 5.97 Å². The molecular weight excluding hydrogens is 264 g/mol. The number of carbonyl (C=O) groups is 1. The molecule has 2 N–H and O–H groups in total. The second kappa shape index (κ2) is 7.57. The Morgan fingerprint density at radius 1 is 1.33 bits per heavy atom. The van der Waals surface area contributed by atoms with Crippen molar-refractivity contribution < 1.29 is 9.90 Å². The van der Waals surface area contributed by atoms with Gasteiger partial charge in [0.1, 0.15) is 0 Å². The molecule has 0 aromatic heterocycles. The lowest BCUT2D eigenvalue weighted by atomic mass is 10.1. The quantitative estimate of drug-likeness (QED) is 0.808. The molecule has 0 spiro atoms. The molecule has 1 fully saturated rings. The van der Waals surface area contributed by atoms with E-state index in [2.05, 4.69) is 24.1 Å². The Labute approximate surface area is 127 Å². The Kier molecular flexibility index (Phi) is 5.76. The smallest absolute Gasteiger partial charge is 0.307 e. The highest BCUT2D eigenvalue weighted by Gasteiger charge is 2.23. The normalized spacial score (nSPS) is 19.3. The molecule has 4 nitrogen and oxygen atoms in total. The summed E-state index contributed by atoms with van der Waals surface area (Å²) in [5, 5.41) is 12.3. The van der Waals surface area contributed by atoms with E-state index in [1.807, 2.05) is 24.3 Å². The van der Waals surface area contributed by atoms with E-state index in [9.17, 15) is 4.79 Å². The summed E-state index contributed by atoms with van der Waals surface area (Å²) in [7, 11) is 0. The van der Waals surface area contributed by atoms with Crippen LogP contribution in [0, 0.1) is 5.92 Å². The van der Waals surface area contributed by atoms with Crippen LogP contribution in [0.2, 0.25) is 0 Å². The van der Waals surface area contributed by atoms with Gasteiger partial charge in [-0.1, -0.05) is 24.3 Å². The Morgan fingerprint density at radius 3 is 2.57 bits per heavy atom. The van der Waals surface area contributed by atoms with Gasteiger partial charge >= 0.3 is 5.97 Å². The standard InChI is InChI=1S/C17H26N2O2/c1-13(2)19-8-7-16(12-19)11-18-10-15-5-3-14(4-6-15)9-17(20)21/h3-6,13,16,18H,7-12H2,1-2H3,(H,20,21).